The number of imidazole rings is 1. The molecule has 1 aromatic heterocycles. The number of allylic oxidation sites excluding steroid dienone is 1. The molecular weight excluding hydrogens is 355 g/mol. The van der Waals surface area contributed by atoms with Crippen molar-refractivity contribution >= 4 is 11.0 Å². The highest BCUT2D eigenvalue weighted by atomic mass is 19.4. The number of benzene rings is 1. The fraction of sp³-hybridized carbons (Fsp3) is 0.550. The van der Waals surface area contributed by atoms with Gasteiger partial charge < -0.3 is 9.30 Å². The van der Waals surface area contributed by atoms with E-state index < -0.39 is 11.7 Å². The van der Waals surface area contributed by atoms with Crippen LogP contribution in [0.2, 0.25) is 0 Å². The van der Waals surface area contributed by atoms with E-state index in [1.807, 2.05) is 0 Å². The third-order valence-corrected chi connectivity index (χ3v) is 5.04. The Hall–Kier alpha value is -1.86. The first-order valence-corrected chi connectivity index (χ1v) is 9.22. The summed E-state index contributed by atoms with van der Waals surface area (Å²) in [4.78, 5) is 6.85. The van der Waals surface area contributed by atoms with Gasteiger partial charge >= 0.3 is 6.18 Å². The zero-order valence-electron chi connectivity index (χ0n) is 16.0. The lowest BCUT2D eigenvalue weighted by Crippen LogP contribution is -2.35. The maximum absolute atomic E-state index is 13.0. The zero-order chi connectivity index (χ0) is 19.6. The fourth-order valence-corrected chi connectivity index (χ4v) is 3.64. The van der Waals surface area contributed by atoms with Crippen molar-refractivity contribution in [3.8, 4) is 0 Å². The van der Waals surface area contributed by atoms with Gasteiger partial charge in [0, 0.05) is 32.8 Å². The molecule has 0 spiro atoms. The number of piperidine rings is 1. The van der Waals surface area contributed by atoms with E-state index in [0.29, 0.717) is 11.3 Å². The van der Waals surface area contributed by atoms with Crippen molar-refractivity contribution in [2.45, 2.75) is 45.5 Å². The predicted octanol–water partition coefficient (Wildman–Crippen LogP) is 4.80. The number of hydrogen-bond donors (Lipinski definition) is 0. The molecule has 1 aromatic carbocycles. The van der Waals surface area contributed by atoms with Gasteiger partial charge in [0.2, 0.25) is 0 Å². The third kappa shape index (κ3) is 4.52. The summed E-state index contributed by atoms with van der Waals surface area (Å²) in [6.45, 7) is 7.34. The van der Waals surface area contributed by atoms with Crippen LogP contribution in [0, 0.1) is 0 Å². The molecule has 0 saturated carbocycles. The quantitative estimate of drug-likeness (QED) is 0.697. The SMILES string of the molecule is COCc1nc2cc(C(F)(F)F)ccc2n1C1CCN(CC=C(C)C)CC1. The number of alkyl halides is 3. The van der Waals surface area contributed by atoms with E-state index in [-0.39, 0.29) is 12.6 Å². The van der Waals surface area contributed by atoms with Gasteiger partial charge in [0.05, 0.1) is 16.6 Å². The minimum atomic E-state index is -4.37. The van der Waals surface area contributed by atoms with Crippen molar-refractivity contribution in [3.63, 3.8) is 0 Å². The van der Waals surface area contributed by atoms with Crippen molar-refractivity contribution in [2.24, 2.45) is 0 Å². The van der Waals surface area contributed by atoms with E-state index in [4.69, 9.17) is 4.74 Å². The van der Waals surface area contributed by atoms with Gasteiger partial charge in [0.1, 0.15) is 12.4 Å². The van der Waals surface area contributed by atoms with Crippen molar-refractivity contribution in [1.82, 2.24) is 14.5 Å². The summed E-state index contributed by atoms with van der Waals surface area (Å²) in [7, 11) is 1.58. The molecule has 0 radical (unpaired) electrons. The number of hydrogen-bond acceptors (Lipinski definition) is 3. The monoisotopic (exact) mass is 381 g/mol. The van der Waals surface area contributed by atoms with Gasteiger partial charge in [-0.05, 0) is 44.9 Å². The number of fused-ring (bicyclic) bond motifs is 1. The predicted molar refractivity (Wildman–Crippen MR) is 99.6 cm³/mol. The number of aromatic nitrogens is 2. The Bertz CT molecular complexity index is 814. The first-order chi connectivity index (χ1) is 12.8. The van der Waals surface area contributed by atoms with Crippen LogP contribution in [-0.2, 0) is 17.5 Å². The molecule has 2 heterocycles. The third-order valence-electron chi connectivity index (χ3n) is 5.04. The molecule has 1 aliphatic heterocycles. The van der Waals surface area contributed by atoms with Crippen LogP contribution >= 0.6 is 0 Å². The first-order valence-electron chi connectivity index (χ1n) is 9.22. The number of ether oxygens (including phenoxy) is 1. The molecule has 0 unspecified atom stereocenters. The Morgan fingerprint density at radius 2 is 1.96 bits per heavy atom. The largest absolute Gasteiger partial charge is 0.416 e. The Morgan fingerprint density at radius 3 is 2.56 bits per heavy atom. The summed E-state index contributed by atoms with van der Waals surface area (Å²) in [5.74, 6) is 0.689. The lowest BCUT2D eigenvalue weighted by Gasteiger charge is -2.33. The molecule has 1 saturated heterocycles. The van der Waals surface area contributed by atoms with Crippen LogP contribution in [0.1, 0.15) is 44.1 Å². The molecule has 0 N–H and O–H groups in total. The van der Waals surface area contributed by atoms with Crippen molar-refractivity contribution in [3.05, 3.63) is 41.2 Å². The van der Waals surface area contributed by atoms with Crippen LogP contribution in [0.25, 0.3) is 11.0 Å². The highest BCUT2D eigenvalue weighted by molar-refractivity contribution is 5.77. The van der Waals surface area contributed by atoms with Crippen LogP contribution in [0.15, 0.2) is 29.8 Å². The molecule has 1 fully saturated rings. The maximum Gasteiger partial charge on any atom is 0.416 e. The van der Waals surface area contributed by atoms with Crippen LogP contribution in [0.4, 0.5) is 13.2 Å². The molecule has 0 amide bonds. The topological polar surface area (TPSA) is 30.3 Å². The normalized spacial score (nSPS) is 16.8. The van der Waals surface area contributed by atoms with E-state index in [9.17, 15) is 13.2 Å². The lowest BCUT2D eigenvalue weighted by atomic mass is 10.0. The van der Waals surface area contributed by atoms with Crippen LogP contribution < -0.4 is 0 Å². The lowest BCUT2D eigenvalue weighted by molar-refractivity contribution is -0.137. The van der Waals surface area contributed by atoms with Crippen molar-refractivity contribution in [2.75, 3.05) is 26.7 Å². The van der Waals surface area contributed by atoms with Gasteiger partial charge in [-0.2, -0.15) is 13.2 Å². The number of nitrogens with zero attached hydrogens (tertiary/aromatic N) is 3. The highest BCUT2D eigenvalue weighted by Gasteiger charge is 2.32. The Morgan fingerprint density at radius 1 is 1.26 bits per heavy atom. The molecule has 0 atom stereocenters. The standard InChI is InChI=1S/C20H26F3N3O/c1-14(2)6-9-25-10-7-16(8-11-25)26-18-5-4-15(20(21,22)23)12-17(18)24-19(26)13-27-3/h4-6,12,16H,7-11,13H2,1-3H3. The molecule has 27 heavy (non-hydrogen) atoms. The molecule has 148 valence electrons. The molecule has 4 nitrogen and oxygen atoms in total. The summed E-state index contributed by atoms with van der Waals surface area (Å²) < 4.78 is 46.4. The van der Waals surface area contributed by atoms with E-state index in [0.717, 1.165) is 50.1 Å². The minimum absolute atomic E-state index is 0.222. The van der Waals surface area contributed by atoms with Gasteiger partial charge in [-0.15, -0.1) is 0 Å². The van der Waals surface area contributed by atoms with Crippen molar-refractivity contribution in [1.29, 1.82) is 0 Å². The van der Waals surface area contributed by atoms with Gasteiger partial charge in [-0.1, -0.05) is 11.6 Å². The molecule has 0 bridgehead atoms. The summed E-state index contributed by atoms with van der Waals surface area (Å²) in [5.41, 5.74) is 1.77. The molecule has 2 aromatic rings. The second kappa shape index (κ2) is 8.02. The van der Waals surface area contributed by atoms with Crippen molar-refractivity contribution < 1.29 is 17.9 Å². The van der Waals surface area contributed by atoms with Gasteiger partial charge in [-0.3, -0.25) is 4.90 Å². The fourth-order valence-electron chi connectivity index (χ4n) is 3.64. The average molecular weight is 381 g/mol. The second-order valence-electron chi connectivity index (χ2n) is 7.35. The summed E-state index contributed by atoms with van der Waals surface area (Å²) in [6.07, 6.45) is -0.253. The molecule has 0 aliphatic carbocycles. The molecular formula is C20H26F3N3O. The summed E-state index contributed by atoms with van der Waals surface area (Å²) in [5, 5.41) is 0. The van der Waals surface area contributed by atoms with Crippen LogP contribution in [0.5, 0.6) is 0 Å². The molecule has 3 rings (SSSR count). The van der Waals surface area contributed by atoms with Gasteiger partial charge in [0.25, 0.3) is 0 Å². The second-order valence-corrected chi connectivity index (χ2v) is 7.35. The van der Waals surface area contributed by atoms with Gasteiger partial charge in [0.15, 0.2) is 0 Å². The Labute approximate surface area is 157 Å². The molecule has 7 heteroatoms. The number of methoxy groups -OCH3 is 1. The van der Waals surface area contributed by atoms with Crippen LogP contribution in [0.3, 0.4) is 0 Å². The zero-order valence-corrected chi connectivity index (χ0v) is 16.0. The average Bonchev–Trinajstić information content (AvgIpc) is 2.97. The Balaban J connectivity index is 1.87. The number of halogens is 3. The number of likely N-dealkylation sites (tertiary alicyclic amines) is 1. The summed E-state index contributed by atoms with van der Waals surface area (Å²) in [6, 6.07) is 4.04. The molecule has 1 aliphatic rings. The minimum Gasteiger partial charge on any atom is -0.377 e. The van der Waals surface area contributed by atoms with E-state index in [1.165, 1.54) is 5.57 Å². The Kier molecular flexibility index (Phi) is 5.91. The van der Waals surface area contributed by atoms with Crippen LogP contribution in [-0.4, -0.2) is 41.2 Å². The van der Waals surface area contributed by atoms with E-state index in [1.54, 1.807) is 13.2 Å². The highest BCUT2D eigenvalue weighted by Crippen LogP contribution is 2.34. The number of rotatable bonds is 5. The smallest absolute Gasteiger partial charge is 0.377 e. The van der Waals surface area contributed by atoms with E-state index in [2.05, 4.69) is 34.4 Å². The first kappa shape index (κ1) is 19.9. The van der Waals surface area contributed by atoms with E-state index >= 15 is 0 Å². The van der Waals surface area contributed by atoms with Gasteiger partial charge in [-0.25, -0.2) is 4.98 Å². The maximum atomic E-state index is 13.0. The summed E-state index contributed by atoms with van der Waals surface area (Å²) >= 11 is 0.